The van der Waals surface area contributed by atoms with Crippen molar-refractivity contribution in [1.82, 2.24) is 25.2 Å². The van der Waals surface area contributed by atoms with Gasteiger partial charge in [0.05, 0.1) is 22.4 Å². The van der Waals surface area contributed by atoms with Crippen LogP contribution < -0.4 is 5.32 Å². The van der Waals surface area contributed by atoms with Gasteiger partial charge in [0.1, 0.15) is 5.15 Å². The van der Waals surface area contributed by atoms with Gasteiger partial charge in [-0.2, -0.15) is 0 Å². The van der Waals surface area contributed by atoms with E-state index >= 15 is 0 Å². The van der Waals surface area contributed by atoms with Crippen LogP contribution in [0.4, 0.5) is 0 Å². The normalized spacial score (nSPS) is 15.0. The fraction of sp³-hybridized carbons (Fsp3) is 0.286. The van der Waals surface area contributed by atoms with E-state index in [9.17, 15) is 4.79 Å². The molecule has 1 N–H and O–H groups in total. The molecule has 5 rings (SSSR count). The summed E-state index contributed by atoms with van der Waals surface area (Å²) in [5.41, 5.74) is 6.43. The predicted octanol–water partition coefficient (Wildman–Crippen LogP) is 5.90. The summed E-state index contributed by atoms with van der Waals surface area (Å²) < 4.78 is 0. The monoisotopic (exact) mass is 517 g/mol. The minimum absolute atomic E-state index is 0.170. The zero-order valence-electron chi connectivity index (χ0n) is 20.2. The van der Waals surface area contributed by atoms with E-state index in [1.54, 1.807) is 23.5 Å². The molecule has 0 saturated heterocycles. The fourth-order valence-electron chi connectivity index (χ4n) is 4.73. The van der Waals surface area contributed by atoms with Gasteiger partial charge in [0, 0.05) is 43.0 Å². The highest BCUT2D eigenvalue weighted by atomic mass is 35.5. The maximum atomic E-state index is 12.4. The number of carbonyl (C=O) groups is 1. The molecule has 0 radical (unpaired) electrons. The maximum absolute atomic E-state index is 12.4. The minimum Gasteiger partial charge on any atom is -0.348 e. The lowest BCUT2D eigenvalue weighted by atomic mass is 9.90. The number of amides is 1. The van der Waals surface area contributed by atoms with E-state index < -0.39 is 0 Å². The lowest BCUT2D eigenvalue weighted by Gasteiger charge is -2.34. The van der Waals surface area contributed by atoms with Crippen LogP contribution in [0.2, 0.25) is 5.15 Å². The van der Waals surface area contributed by atoms with Gasteiger partial charge in [-0.25, -0.2) is 9.97 Å². The average molecular weight is 518 g/mol. The van der Waals surface area contributed by atoms with Crippen LogP contribution in [-0.4, -0.2) is 25.8 Å². The molecule has 3 heterocycles. The first-order valence-corrected chi connectivity index (χ1v) is 13.4. The molecular formula is C28H28ClN5OS. The largest absolute Gasteiger partial charge is 0.348 e. The van der Waals surface area contributed by atoms with Crippen molar-refractivity contribution in [1.29, 1.82) is 0 Å². The second-order valence-electron chi connectivity index (χ2n) is 9.09. The van der Waals surface area contributed by atoms with E-state index in [-0.39, 0.29) is 11.9 Å². The standard InChI is InChI=1S/C28H28ClN5OS/c1-19-33-24(18-36-19)17-34(25-6-2-4-22-5-3-12-31-27(22)25)16-21-9-7-20(8-10-21)15-32-28(35)23-11-13-30-26(29)14-23/h3,5,7-14,18,25H,2,4,6,15-17H2,1H3,(H,32,35). The van der Waals surface area contributed by atoms with Crippen molar-refractivity contribution < 1.29 is 4.79 Å². The average Bonchev–Trinajstić information content (AvgIpc) is 3.31. The van der Waals surface area contributed by atoms with Crippen LogP contribution in [0.15, 0.2) is 66.3 Å². The molecule has 1 aliphatic rings. The zero-order valence-corrected chi connectivity index (χ0v) is 21.7. The molecule has 0 spiro atoms. The molecule has 0 bridgehead atoms. The summed E-state index contributed by atoms with van der Waals surface area (Å²) in [5, 5.41) is 6.50. The summed E-state index contributed by atoms with van der Waals surface area (Å²) in [6, 6.07) is 16.2. The number of benzene rings is 1. The zero-order chi connectivity index (χ0) is 24.9. The molecule has 8 heteroatoms. The molecule has 36 heavy (non-hydrogen) atoms. The van der Waals surface area contributed by atoms with E-state index in [1.165, 1.54) is 23.0 Å². The minimum atomic E-state index is -0.170. The molecule has 1 aliphatic carbocycles. The Morgan fingerprint density at radius 2 is 1.94 bits per heavy atom. The molecule has 1 aromatic carbocycles. The quantitative estimate of drug-likeness (QED) is 0.294. The highest BCUT2D eigenvalue weighted by Gasteiger charge is 2.28. The summed E-state index contributed by atoms with van der Waals surface area (Å²) in [6.07, 6.45) is 6.79. The number of carbonyl (C=O) groups excluding carboxylic acids is 1. The number of pyridine rings is 2. The van der Waals surface area contributed by atoms with E-state index in [0.29, 0.717) is 17.3 Å². The number of halogens is 1. The van der Waals surface area contributed by atoms with Crippen molar-refractivity contribution in [2.75, 3.05) is 0 Å². The first-order valence-electron chi connectivity index (χ1n) is 12.1. The van der Waals surface area contributed by atoms with Gasteiger partial charge in [0.15, 0.2) is 0 Å². The number of fused-ring (bicyclic) bond motifs is 1. The van der Waals surface area contributed by atoms with Crippen LogP contribution in [0.25, 0.3) is 0 Å². The summed E-state index contributed by atoms with van der Waals surface area (Å²) in [7, 11) is 0. The van der Waals surface area contributed by atoms with Gasteiger partial charge in [-0.15, -0.1) is 11.3 Å². The van der Waals surface area contributed by atoms with Gasteiger partial charge < -0.3 is 5.32 Å². The van der Waals surface area contributed by atoms with Crippen LogP contribution in [0, 0.1) is 6.92 Å². The van der Waals surface area contributed by atoms with E-state index in [2.05, 4.69) is 57.8 Å². The molecule has 0 fully saturated rings. The van der Waals surface area contributed by atoms with Gasteiger partial charge in [0.25, 0.3) is 5.91 Å². The second-order valence-corrected chi connectivity index (χ2v) is 10.5. The topological polar surface area (TPSA) is 71.0 Å². The van der Waals surface area contributed by atoms with Crippen molar-refractivity contribution in [3.63, 3.8) is 0 Å². The Balaban J connectivity index is 1.29. The second kappa shape index (κ2) is 11.3. The number of aryl methyl sites for hydroxylation is 2. The molecule has 4 aromatic rings. The SMILES string of the molecule is Cc1nc(CN(Cc2ccc(CNC(=O)c3ccnc(Cl)c3)cc2)C2CCCc3cccnc32)cs1. The molecule has 0 aliphatic heterocycles. The number of hydrogen-bond acceptors (Lipinski definition) is 6. The Kier molecular flexibility index (Phi) is 7.70. The third-order valence-electron chi connectivity index (χ3n) is 6.49. The number of nitrogens with one attached hydrogen (secondary N) is 1. The predicted molar refractivity (Wildman–Crippen MR) is 143 cm³/mol. The van der Waals surface area contributed by atoms with Gasteiger partial charge >= 0.3 is 0 Å². The molecular weight excluding hydrogens is 490 g/mol. The van der Waals surface area contributed by atoms with E-state index in [4.69, 9.17) is 21.6 Å². The van der Waals surface area contributed by atoms with Gasteiger partial charge in [-0.1, -0.05) is 41.9 Å². The van der Waals surface area contributed by atoms with Crippen LogP contribution in [0.1, 0.15) is 62.3 Å². The smallest absolute Gasteiger partial charge is 0.251 e. The lowest BCUT2D eigenvalue weighted by Crippen LogP contribution is -2.31. The van der Waals surface area contributed by atoms with Gasteiger partial charge in [0.2, 0.25) is 0 Å². The van der Waals surface area contributed by atoms with Gasteiger partial charge in [-0.3, -0.25) is 14.7 Å². The Labute approximate surface area is 220 Å². The number of hydrogen-bond donors (Lipinski definition) is 1. The molecule has 0 saturated carbocycles. The number of rotatable bonds is 8. The number of thiazole rings is 1. The Morgan fingerprint density at radius 1 is 1.11 bits per heavy atom. The van der Waals surface area contributed by atoms with Crippen LogP contribution in [-0.2, 0) is 26.1 Å². The Hall–Kier alpha value is -3.13. The van der Waals surface area contributed by atoms with Gasteiger partial charge in [-0.05, 0) is 61.1 Å². The molecule has 184 valence electrons. The van der Waals surface area contributed by atoms with E-state index in [0.717, 1.165) is 48.6 Å². The highest BCUT2D eigenvalue weighted by molar-refractivity contribution is 7.09. The summed E-state index contributed by atoms with van der Waals surface area (Å²) >= 11 is 7.59. The molecule has 6 nitrogen and oxygen atoms in total. The van der Waals surface area contributed by atoms with Crippen molar-refractivity contribution >= 4 is 28.8 Å². The third kappa shape index (κ3) is 5.98. The molecule has 1 atom stereocenters. The number of nitrogens with zero attached hydrogens (tertiary/aromatic N) is 4. The van der Waals surface area contributed by atoms with Crippen molar-refractivity contribution in [3.8, 4) is 0 Å². The van der Waals surface area contributed by atoms with Crippen LogP contribution in [0.3, 0.4) is 0 Å². The summed E-state index contributed by atoms with van der Waals surface area (Å²) in [5.74, 6) is -0.170. The lowest BCUT2D eigenvalue weighted by molar-refractivity contribution is 0.0951. The first-order chi connectivity index (χ1) is 17.5. The Bertz CT molecular complexity index is 1340. The summed E-state index contributed by atoms with van der Waals surface area (Å²) in [4.78, 5) is 28.4. The molecule has 1 amide bonds. The van der Waals surface area contributed by atoms with Crippen molar-refractivity contribution in [2.24, 2.45) is 0 Å². The Morgan fingerprint density at radius 3 is 2.72 bits per heavy atom. The van der Waals surface area contributed by atoms with Crippen molar-refractivity contribution in [2.45, 2.75) is 51.9 Å². The fourth-order valence-corrected chi connectivity index (χ4v) is 5.51. The summed E-state index contributed by atoms with van der Waals surface area (Å²) in [6.45, 7) is 4.09. The first kappa shape index (κ1) is 24.6. The molecule has 1 unspecified atom stereocenters. The van der Waals surface area contributed by atoms with E-state index in [1.807, 2.05) is 12.3 Å². The van der Waals surface area contributed by atoms with Crippen LogP contribution >= 0.6 is 22.9 Å². The number of aromatic nitrogens is 3. The highest BCUT2D eigenvalue weighted by Crippen LogP contribution is 2.35. The van der Waals surface area contributed by atoms with Crippen molar-refractivity contribution in [3.05, 3.63) is 110 Å². The third-order valence-corrected chi connectivity index (χ3v) is 7.52. The maximum Gasteiger partial charge on any atom is 0.251 e. The van der Waals surface area contributed by atoms with Crippen LogP contribution in [0.5, 0.6) is 0 Å². The molecule has 3 aromatic heterocycles.